The third-order valence-electron chi connectivity index (χ3n) is 3.81. The zero-order chi connectivity index (χ0) is 21.9. The lowest BCUT2D eigenvalue weighted by Gasteiger charge is -2.13. The van der Waals surface area contributed by atoms with Gasteiger partial charge in [-0.05, 0) is 36.4 Å². The summed E-state index contributed by atoms with van der Waals surface area (Å²) in [4.78, 5) is 12.4. The molecule has 0 aliphatic carbocycles. The van der Waals surface area contributed by atoms with Crippen molar-refractivity contribution >= 4 is 32.8 Å². The zero-order valence-electron chi connectivity index (χ0n) is 15.2. The Balaban J connectivity index is 1.99. The molecular weight excluding hydrogens is 428 g/mol. The van der Waals surface area contributed by atoms with Gasteiger partial charge >= 0.3 is 6.18 Å². The molecule has 160 valence electrons. The van der Waals surface area contributed by atoms with E-state index in [1.165, 1.54) is 30.3 Å². The number of nitrogens with two attached hydrogens (primary N) is 1. The van der Waals surface area contributed by atoms with Crippen molar-refractivity contribution in [2.24, 2.45) is 5.14 Å². The van der Waals surface area contributed by atoms with Crippen LogP contribution in [0.1, 0.15) is 0 Å². The van der Waals surface area contributed by atoms with Crippen molar-refractivity contribution < 1.29 is 26.0 Å². The predicted octanol–water partition coefficient (Wildman–Crippen LogP) is 2.51. The number of fused-ring (bicyclic) bond motifs is 1. The number of anilines is 2. The molecule has 0 bridgehead atoms. The van der Waals surface area contributed by atoms with Crippen LogP contribution in [0.25, 0.3) is 22.3 Å². The second kappa shape index (κ2) is 8.36. The molecule has 1 aromatic carbocycles. The average molecular weight is 444 g/mol. The number of benzene rings is 1. The SMILES string of the molecule is NS(=O)(=O)CCNc1nc(NCC(F)(F)F)c2nc(-c3ccc(F)cc3)ccc2n1. The summed E-state index contributed by atoms with van der Waals surface area (Å²) in [5, 5.41) is 9.71. The van der Waals surface area contributed by atoms with Crippen LogP contribution in [0.3, 0.4) is 0 Å². The van der Waals surface area contributed by atoms with Crippen LogP contribution in [0.15, 0.2) is 36.4 Å². The van der Waals surface area contributed by atoms with Gasteiger partial charge < -0.3 is 10.6 Å². The average Bonchev–Trinajstić information content (AvgIpc) is 2.65. The first-order chi connectivity index (χ1) is 14.0. The number of pyridine rings is 1. The molecule has 0 saturated heterocycles. The van der Waals surface area contributed by atoms with Gasteiger partial charge in [-0.15, -0.1) is 0 Å². The van der Waals surface area contributed by atoms with E-state index >= 15 is 0 Å². The van der Waals surface area contributed by atoms with Gasteiger partial charge in [0.15, 0.2) is 5.82 Å². The molecule has 2 aromatic heterocycles. The van der Waals surface area contributed by atoms with Gasteiger partial charge in [0.2, 0.25) is 16.0 Å². The molecule has 0 unspecified atom stereocenters. The highest BCUT2D eigenvalue weighted by atomic mass is 32.2. The highest BCUT2D eigenvalue weighted by molar-refractivity contribution is 7.89. The van der Waals surface area contributed by atoms with Crippen LogP contribution in [0.2, 0.25) is 0 Å². The van der Waals surface area contributed by atoms with E-state index in [0.29, 0.717) is 11.3 Å². The van der Waals surface area contributed by atoms with Crippen molar-refractivity contribution in [3.63, 3.8) is 0 Å². The minimum atomic E-state index is -4.51. The number of hydrogen-bond donors (Lipinski definition) is 3. The number of nitrogens with zero attached hydrogens (tertiary/aromatic N) is 3. The van der Waals surface area contributed by atoms with Crippen molar-refractivity contribution in [2.45, 2.75) is 6.18 Å². The molecule has 3 aromatic rings. The molecule has 0 saturated carbocycles. The van der Waals surface area contributed by atoms with E-state index in [4.69, 9.17) is 5.14 Å². The lowest BCUT2D eigenvalue weighted by atomic mass is 10.1. The Labute approximate surface area is 168 Å². The zero-order valence-corrected chi connectivity index (χ0v) is 16.1. The summed E-state index contributed by atoms with van der Waals surface area (Å²) < 4.78 is 73.3. The van der Waals surface area contributed by atoms with Crippen LogP contribution in [-0.2, 0) is 10.0 Å². The van der Waals surface area contributed by atoms with Crippen molar-refractivity contribution in [1.82, 2.24) is 15.0 Å². The lowest BCUT2D eigenvalue weighted by Crippen LogP contribution is -2.24. The number of alkyl halides is 3. The third-order valence-corrected chi connectivity index (χ3v) is 4.58. The van der Waals surface area contributed by atoms with Gasteiger partial charge in [0.05, 0.1) is 17.0 Å². The maximum Gasteiger partial charge on any atom is 0.405 e. The van der Waals surface area contributed by atoms with Gasteiger partial charge in [0.25, 0.3) is 0 Å². The molecule has 0 amide bonds. The number of primary sulfonamides is 1. The van der Waals surface area contributed by atoms with E-state index in [0.717, 1.165) is 0 Å². The molecule has 0 aliphatic rings. The fraction of sp³-hybridized carbons (Fsp3) is 0.235. The molecule has 0 radical (unpaired) electrons. The summed E-state index contributed by atoms with van der Waals surface area (Å²) in [5.74, 6) is -1.14. The minimum absolute atomic E-state index is 0.0677. The highest BCUT2D eigenvalue weighted by Crippen LogP contribution is 2.26. The fourth-order valence-electron chi connectivity index (χ4n) is 2.49. The summed E-state index contributed by atoms with van der Waals surface area (Å²) in [7, 11) is -3.74. The van der Waals surface area contributed by atoms with Gasteiger partial charge in [-0.3, -0.25) is 0 Å². The number of rotatable bonds is 7. The van der Waals surface area contributed by atoms with Crippen LogP contribution in [0.4, 0.5) is 29.3 Å². The number of hydrogen-bond acceptors (Lipinski definition) is 7. The molecule has 0 fully saturated rings. The van der Waals surface area contributed by atoms with Crippen molar-refractivity contribution in [2.75, 3.05) is 29.5 Å². The summed E-state index contributed by atoms with van der Waals surface area (Å²) in [6.07, 6.45) is -4.51. The Morgan fingerprint density at radius 2 is 1.67 bits per heavy atom. The molecule has 30 heavy (non-hydrogen) atoms. The molecule has 2 heterocycles. The first-order valence-electron chi connectivity index (χ1n) is 8.50. The van der Waals surface area contributed by atoms with Crippen LogP contribution in [0.5, 0.6) is 0 Å². The molecule has 13 heteroatoms. The molecule has 0 spiro atoms. The Bertz CT molecular complexity index is 1150. The molecule has 3 rings (SSSR count). The standard InChI is InChI=1S/C17H16F4N6O2S/c18-11-3-1-10(2-4-11)12-5-6-13-14(25-12)15(24-9-17(19,20)21)27-16(26-13)23-7-8-30(22,28)29/h1-6H,7-9H2,(H2,22,28,29)(H2,23,24,26,27). The third kappa shape index (κ3) is 5.97. The van der Waals surface area contributed by atoms with E-state index in [2.05, 4.69) is 25.6 Å². The van der Waals surface area contributed by atoms with Crippen LogP contribution < -0.4 is 15.8 Å². The van der Waals surface area contributed by atoms with Crippen molar-refractivity contribution in [1.29, 1.82) is 0 Å². The van der Waals surface area contributed by atoms with E-state index in [-0.39, 0.29) is 29.3 Å². The molecule has 0 atom stereocenters. The Morgan fingerprint density at radius 1 is 0.967 bits per heavy atom. The molecule has 0 aliphatic heterocycles. The fourth-order valence-corrected chi connectivity index (χ4v) is 2.87. The second-order valence-electron chi connectivity index (χ2n) is 6.23. The largest absolute Gasteiger partial charge is 0.405 e. The predicted molar refractivity (Wildman–Crippen MR) is 104 cm³/mol. The van der Waals surface area contributed by atoms with Crippen molar-refractivity contribution in [3.05, 3.63) is 42.2 Å². The Hall–Kier alpha value is -3.06. The van der Waals surface area contributed by atoms with E-state index in [1.807, 2.05) is 0 Å². The topological polar surface area (TPSA) is 123 Å². The summed E-state index contributed by atoms with van der Waals surface area (Å²) >= 11 is 0. The quantitative estimate of drug-likeness (QED) is 0.479. The number of halogens is 4. The normalized spacial score (nSPS) is 12.2. The lowest BCUT2D eigenvalue weighted by molar-refractivity contribution is -0.115. The maximum absolute atomic E-state index is 13.1. The van der Waals surface area contributed by atoms with E-state index in [9.17, 15) is 26.0 Å². The Kier molecular flexibility index (Phi) is 6.03. The number of nitrogens with one attached hydrogen (secondary N) is 2. The molecule has 8 nitrogen and oxygen atoms in total. The van der Waals surface area contributed by atoms with Gasteiger partial charge in [-0.25, -0.2) is 27.9 Å². The first kappa shape index (κ1) is 21.6. The van der Waals surface area contributed by atoms with Crippen LogP contribution in [-0.4, -0.2) is 48.4 Å². The number of aromatic nitrogens is 3. The monoisotopic (exact) mass is 444 g/mol. The van der Waals surface area contributed by atoms with Crippen molar-refractivity contribution in [3.8, 4) is 11.3 Å². The summed E-state index contributed by atoms with van der Waals surface area (Å²) in [6.45, 7) is -1.50. The van der Waals surface area contributed by atoms with Crippen LogP contribution in [0, 0.1) is 5.82 Å². The van der Waals surface area contributed by atoms with Gasteiger partial charge in [-0.2, -0.15) is 18.2 Å². The maximum atomic E-state index is 13.1. The Morgan fingerprint density at radius 3 is 2.30 bits per heavy atom. The first-order valence-corrected chi connectivity index (χ1v) is 10.2. The summed E-state index contributed by atoms with van der Waals surface area (Å²) in [5.41, 5.74) is 1.23. The molecular formula is C17H16F4N6O2S. The van der Waals surface area contributed by atoms with E-state index in [1.54, 1.807) is 6.07 Å². The minimum Gasteiger partial charge on any atom is -0.359 e. The molecule has 4 N–H and O–H groups in total. The highest BCUT2D eigenvalue weighted by Gasteiger charge is 2.27. The van der Waals surface area contributed by atoms with Gasteiger partial charge in [0, 0.05) is 12.1 Å². The smallest absolute Gasteiger partial charge is 0.359 e. The van der Waals surface area contributed by atoms with Crippen LogP contribution >= 0.6 is 0 Å². The van der Waals surface area contributed by atoms with E-state index < -0.39 is 34.3 Å². The van der Waals surface area contributed by atoms with Gasteiger partial charge in [-0.1, -0.05) is 0 Å². The number of sulfonamides is 1. The summed E-state index contributed by atoms with van der Waals surface area (Å²) in [6, 6.07) is 8.53. The van der Waals surface area contributed by atoms with Gasteiger partial charge in [0.1, 0.15) is 17.9 Å². The second-order valence-corrected chi connectivity index (χ2v) is 7.96.